The molecular formula is C7H14O2. The minimum absolute atomic E-state index is 0.113. The average Bonchev–Trinajstić information content (AvgIpc) is 2.20. The first-order valence-electron chi connectivity index (χ1n) is 4.93. The lowest BCUT2D eigenvalue weighted by atomic mass is 10.2. The van der Waals surface area contributed by atoms with Gasteiger partial charge in [-0.3, -0.25) is 0 Å². The van der Waals surface area contributed by atoms with E-state index >= 15 is 0 Å². The topological polar surface area (TPSA) is 18.5 Å². The fraction of sp³-hybridized carbons (Fsp3) is 1.00. The van der Waals surface area contributed by atoms with E-state index in [0.29, 0.717) is 0 Å². The Kier molecular flexibility index (Phi) is 0.994. The van der Waals surface area contributed by atoms with E-state index in [1.807, 2.05) is 0 Å². The van der Waals surface area contributed by atoms with Crippen molar-refractivity contribution in [3.8, 4) is 0 Å². The molecule has 0 bridgehead atoms. The highest BCUT2D eigenvalue weighted by atomic mass is 16.7. The van der Waals surface area contributed by atoms with Crippen LogP contribution in [0.4, 0.5) is 0 Å². The molecule has 1 aliphatic carbocycles. The lowest BCUT2D eigenvalue weighted by Gasteiger charge is -2.24. The van der Waals surface area contributed by atoms with Gasteiger partial charge in [0.25, 0.3) is 0 Å². The molecule has 0 unspecified atom stereocenters. The van der Waals surface area contributed by atoms with E-state index in [9.17, 15) is 0 Å². The van der Waals surface area contributed by atoms with Gasteiger partial charge in [-0.2, -0.15) is 0 Å². The Morgan fingerprint density at radius 2 is 1.67 bits per heavy atom. The highest BCUT2D eigenvalue weighted by molar-refractivity contribution is 4.75. The van der Waals surface area contributed by atoms with Crippen LogP contribution in [-0.4, -0.2) is 20.0 Å². The molecule has 0 aromatic heterocycles. The van der Waals surface area contributed by atoms with Crippen LogP contribution in [0.15, 0.2) is 0 Å². The van der Waals surface area contributed by atoms with Crippen LogP contribution in [-0.2, 0) is 9.47 Å². The molecule has 0 atom stereocenters. The zero-order chi connectivity index (χ0) is 10.3. The summed E-state index contributed by atoms with van der Waals surface area (Å²) in [6.45, 7) is 0. The molecule has 1 fully saturated rings. The molecule has 9 heavy (non-hydrogen) atoms. The van der Waals surface area contributed by atoms with Gasteiger partial charge in [0.15, 0.2) is 5.79 Å². The summed E-state index contributed by atoms with van der Waals surface area (Å²) < 4.78 is 40.3. The van der Waals surface area contributed by atoms with Crippen molar-refractivity contribution in [3.63, 3.8) is 0 Å². The van der Waals surface area contributed by atoms with E-state index in [4.69, 9.17) is 15.0 Å². The van der Waals surface area contributed by atoms with E-state index in [0.717, 1.165) is 0 Å². The monoisotopic (exact) mass is 134 g/mol. The molecule has 1 rings (SSSR count). The van der Waals surface area contributed by atoms with Crippen molar-refractivity contribution >= 4 is 0 Å². The quantitative estimate of drug-likeness (QED) is 0.533. The van der Waals surface area contributed by atoms with E-state index in [1.54, 1.807) is 0 Å². The van der Waals surface area contributed by atoms with Gasteiger partial charge in [0.05, 0.1) is 0 Å². The number of ether oxygens (including phenoxy) is 2. The summed E-state index contributed by atoms with van der Waals surface area (Å²) in [5, 5.41) is 0. The van der Waals surface area contributed by atoms with E-state index in [1.165, 1.54) is 14.2 Å². The molecule has 54 valence electrons. The molecular weight excluding hydrogens is 116 g/mol. The molecule has 0 heterocycles. The van der Waals surface area contributed by atoms with Crippen molar-refractivity contribution < 1.29 is 15.0 Å². The maximum atomic E-state index is 7.62. The first kappa shape index (κ1) is 3.35. The van der Waals surface area contributed by atoms with Crippen LogP contribution >= 0.6 is 0 Å². The van der Waals surface area contributed by atoms with Crippen LogP contribution < -0.4 is 0 Å². The van der Waals surface area contributed by atoms with Gasteiger partial charge < -0.3 is 9.47 Å². The van der Waals surface area contributed by atoms with Crippen molar-refractivity contribution in [1.29, 1.82) is 0 Å². The molecule has 2 heteroatoms. The van der Waals surface area contributed by atoms with Crippen molar-refractivity contribution in [2.75, 3.05) is 14.2 Å². The molecule has 0 N–H and O–H groups in total. The summed E-state index contributed by atoms with van der Waals surface area (Å²) in [6, 6.07) is 0. The summed E-state index contributed by atoms with van der Waals surface area (Å²) in [7, 11) is 2.54. The number of rotatable bonds is 2. The molecule has 0 radical (unpaired) electrons. The van der Waals surface area contributed by atoms with Crippen LogP contribution in [0.5, 0.6) is 0 Å². The van der Waals surface area contributed by atoms with E-state index in [-0.39, 0.29) is 12.8 Å². The molecule has 0 aliphatic heterocycles. The average molecular weight is 134 g/mol. The third kappa shape index (κ3) is 1.25. The lowest BCUT2D eigenvalue weighted by molar-refractivity contribution is -0.200. The van der Waals surface area contributed by atoms with Crippen molar-refractivity contribution in [3.05, 3.63) is 0 Å². The highest BCUT2D eigenvalue weighted by Crippen LogP contribution is 2.32. The number of hydrogen-bond acceptors (Lipinski definition) is 2. The zero-order valence-electron chi connectivity index (χ0n) is 9.73. The lowest BCUT2D eigenvalue weighted by Crippen LogP contribution is -2.29. The Hall–Kier alpha value is -0.0800. The Morgan fingerprint density at radius 1 is 1.22 bits per heavy atom. The summed E-state index contributed by atoms with van der Waals surface area (Å²) in [4.78, 5) is 0. The molecule has 2 nitrogen and oxygen atoms in total. The smallest absolute Gasteiger partial charge is 0.167 e. The van der Waals surface area contributed by atoms with Crippen molar-refractivity contribution in [2.24, 2.45) is 0 Å². The maximum absolute atomic E-state index is 7.62. The van der Waals surface area contributed by atoms with Crippen LogP contribution in [0.2, 0.25) is 0 Å². The molecule has 1 saturated carbocycles. The fourth-order valence-electron chi connectivity index (χ4n) is 0.889. The molecule has 0 amide bonds. The van der Waals surface area contributed by atoms with Crippen LogP contribution in [0.25, 0.3) is 0 Å². The second-order valence-electron chi connectivity index (χ2n) is 1.88. The summed E-state index contributed by atoms with van der Waals surface area (Å²) >= 11 is 0. The number of hydrogen-bond donors (Lipinski definition) is 0. The Balaban J connectivity index is 3.11. The summed E-state index contributed by atoms with van der Waals surface area (Å²) in [5.74, 6) is -1.76. The normalized spacial score (nSPS) is 42.4. The summed E-state index contributed by atoms with van der Waals surface area (Å²) in [6.07, 6.45) is -3.33. The van der Waals surface area contributed by atoms with E-state index in [2.05, 4.69) is 0 Å². The predicted molar refractivity (Wildman–Crippen MR) is 35.2 cm³/mol. The van der Waals surface area contributed by atoms with Gasteiger partial charge in [-0.1, -0.05) is 0 Å². The van der Waals surface area contributed by atoms with Gasteiger partial charge in [-0.05, 0) is 12.8 Å². The molecule has 0 aromatic carbocycles. The van der Waals surface area contributed by atoms with Gasteiger partial charge >= 0.3 is 0 Å². The van der Waals surface area contributed by atoms with Crippen molar-refractivity contribution in [2.45, 2.75) is 31.4 Å². The van der Waals surface area contributed by atoms with Crippen molar-refractivity contribution in [1.82, 2.24) is 0 Å². The largest absolute Gasteiger partial charge is 0.353 e. The van der Waals surface area contributed by atoms with Gasteiger partial charge in [-0.15, -0.1) is 0 Å². The fourth-order valence-corrected chi connectivity index (χ4v) is 0.889. The van der Waals surface area contributed by atoms with Crippen LogP contribution in [0.1, 0.15) is 31.1 Å². The molecule has 1 aliphatic rings. The third-order valence-electron chi connectivity index (χ3n) is 1.42. The van der Waals surface area contributed by atoms with Gasteiger partial charge in [0, 0.05) is 32.4 Å². The molecule has 0 saturated heterocycles. The van der Waals surface area contributed by atoms with Crippen LogP contribution in [0.3, 0.4) is 0 Å². The van der Waals surface area contributed by atoms with Crippen LogP contribution in [0, 0.1) is 0 Å². The standard InChI is InChI=1S/C7H14O2/c1-8-7(9-2)5-3-4-6-7/h3-6H2,1-2H3/i5D2,6D2. The SMILES string of the molecule is [2H]C1([2H])CCC([2H])([2H])C1(OC)OC. The Labute approximate surface area is 61.8 Å². The van der Waals surface area contributed by atoms with Gasteiger partial charge in [0.2, 0.25) is 0 Å². The minimum Gasteiger partial charge on any atom is -0.353 e. The Bertz CT molecular complexity index is 183. The second-order valence-corrected chi connectivity index (χ2v) is 1.88. The maximum Gasteiger partial charge on any atom is 0.167 e. The minimum atomic E-state index is -1.78. The Morgan fingerprint density at radius 3 is 1.89 bits per heavy atom. The summed E-state index contributed by atoms with van der Waals surface area (Å²) in [5.41, 5.74) is 0. The highest BCUT2D eigenvalue weighted by Gasteiger charge is 2.32. The first-order valence-corrected chi connectivity index (χ1v) is 2.93. The zero-order valence-corrected chi connectivity index (χ0v) is 5.73. The molecule has 0 spiro atoms. The van der Waals surface area contributed by atoms with Gasteiger partial charge in [-0.25, -0.2) is 0 Å². The number of methoxy groups -OCH3 is 2. The third-order valence-corrected chi connectivity index (χ3v) is 1.42. The first-order chi connectivity index (χ1) is 5.83. The van der Waals surface area contributed by atoms with Gasteiger partial charge in [0.1, 0.15) is 0 Å². The van der Waals surface area contributed by atoms with E-state index < -0.39 is 18.5 Å². The predicted octanol–water partition coefficient (Wildman–Crippen LogP) is 1.55. The molecule has 0 aromatic rings. The second kappa shape index (κ2) is 2.67.